The largest absolute Gasteiger partial charge is 0.277 e. The summed E-state index contributed by atoms with van der Waals surface area (Å²) in [5, 5.41) is 0. The van der Waals surface area contributed by atoms with Crippen LogP contribution in [0.4, 0.5) is 0 Å². The highest BCUT2D eigenvalue weighted by atomic mass is 16.2. The highest BCUT2D eigenvalue weighted by molar-refractivity contribution is 6.24. The Bertz CT molecular complexity index is 333. The van der Waals surface area contributed by atoms with Gasteiger partial charge in [-0.25, -0.2) is 0 Å². The molecule has 3 heteroatoms. The molecular formula is C10H13NO2. The lowest BCUT2D eigenvalue weighted by molar-refractivity contribution is -0.134. The van der Waals surface area contributed by atoms with Crippen molar-refractivity contribution in [1.29, 1.82) is 0 Å². The highest BCUT2D eigenvalue weighted by Gasteiger charge is 2.35. The maximum absolute atomic E-state index is 11.5. The monoisotopic (exact) mass is 179 g/mol. The first-order valence-corrected chi connectivity index (χ1v) is 4.17. The Kier molecular flexibility index (Phi) is 2.36. The van der Waals surface area contributed by atoms with E-state index in [1.165, 1.54) is 7.05 Å². The molecular weight excluding hydrogens is 166 g/mol. The van der Waals surface area contributed by atoms with E-state index >= 15 is 0 Å². The number of imide groups is 1. The van der Waals surface area contributed by atoms with Gasteiger partial charge in [-0.05, 0) is 20.8 Å². The van der Waals surface area contributed by atoms with Gasteiger partial charge in [0.2, 0.25) is 0 Å². The number of allylic oxidation sites excluding steroid dienone is 2. The van der Waals surface area contributed by atoms with Crippen molar-refractivity contribution in [3.05, 3.63) is 22.8 Å². The summed E-state index contributed by atoms with van der Waals surface area (Å²) in [7, 11) is 1.50. The van der Waals surface area contributed by atoms with E-state index in [0.29, 0.717) is 11.1 Å². The smallest absolute Gasteiger partial charge is 0.261 e. The van der Waals surface area contributed by atoms with Gasteiger partial charge in [-0.3, -0.25) is 14.5 Å². The number of nitrogens with zero attached hydrogens (tertiary/aromatic N) is 1. The van der Waals surface area contributed by atoms with Crippen LogP contribution in [0.25, 0.3) is 0 Å². The van der Waals surface area contributed by atoms with Gasteiger partial charge in [-0.2, -0.15) is 0 Å². The molecule has 1 aliphatic rings. The highest BCUT2D eigenvalue weighted by Crippen LogP contribution is 2.25. The van der Waals surface area contributed by atoms with Gasteiger partial charge in [-0.15, -0.1) is 0 Å². The summed E-state index contributed by atoms with van der Waals surface area (Å²) in [4.78, 5) is 24.1. The first-order valence-electron chi connectivity index (χ1n) is 4.17. The zero-order chi connectivity index (χ0) is 10.2. The molecule has 0 saturated carbocycles. The second-order valence-corrected chi connectivity index (χ2v) is 3.25. The van der Waals surface area contributed by atoms with E-state index in [0.717, 1.165) is 10.5 Å². The third kappa shape index (κ3) is 1.30. The quantitative estimate of drug-likeness (QED) is 0.415. The summed E-state index contributed by atoms with van der Waals surface area (Å²) in [5.74, 6) is -0.401. The number of hydrogen-bond acceptors (Lipinski definition) is 2. The van der Waals surface area contributed by atoms with Gasteiger partial charge in [0.05, 0.1) is 5.57 Å². The van der Waals surface area contributed by atoms with Gasteiger partial charge >= 0.3 is 0 Å². The molecule has 0 aromatic carbocycles. The molecule has 0 spiro atoms. The summed E-state index contributed by atoms with van der Waals surface area (Å²) in [6.45, 7) is 5.44. The van der Waals surface area contributed by atoms with Gasteiger partial charge in [-0.1, -0.05) is 11.6 Å². The van der Waals surface area contributed by atoms with E-state index in [4.69, 9.17) is 0 Å². The standard InChI is InChI=1S/C10H13NO2/c1-5-7-8(6(2)3)10(13)11(4)9(7)12/h5H,1-4H3/b7-5+. The predicted octanol–water partition coefficient (Wildman–Crippen LogP) is 1.27. The molecule has 0 atom stereocenters. The summed E-state index contributed by atoms with van der Waals surface area (Å²) in [6, 6.07) is 0. The average molecular weight is 179 g/mol. The second-order valence-electron chi connectivity index (χ2n) is 3.25. The van der Waals surface area contributed by atoms with Crippen LogP contribution >= 0.6 is 0 Å². The Morgan fingerprint density at radius 1 is 1.23 bits per heavy atom. The van der Waals surface area contributed by atoms with E-state index in [1.54, 1.807) is 13.0 Å². The number of carbonyl (C=O) groups excluding carboxylic acids is 2. The SMILES string of the molecule is C/C=C1/C(=O)N(C)C(=O)C1=C(C)C. The van der Waals surface area contributed by atoms with Crippen LogP contribution in [0.5, 0.6) is 0 Å². The van der Waals surface area contributed by atoms with Crippen LogP contribution in [0.1, 0.15) is 20.8 Å². The molecule has 0 aromatic heterocycles. The van der Waals surface area contributed by atoms with Gasteiger partial charge in [0, 0.05) is 12.6 Å². The number of amides is 2. The molecule has 2 amide bonds. The molecule has 0 aromatic rings. The molecule has 1 saturated heterocycles. The summed E-state index contributed by atoms with van der Waals surface area (Å²) < 4.78 is 0. The van der Waals surface area contributed by atoms with Gasteiger partial charge in [0.15, 0.2) is 0 Å². The number of likely N-dealkylation sites (tertiary alicyclic amines) is 1. The van der Waals surface area contributed by atoms with Crippen LogP contribution in [0.3, 0.4) is 0 Å². The molecule has 1 fully saturated rings. The van der Waals surface area contributed by atoms with Crippen molar-refractivity contribution in [3.8, 4) is 0 Å². The predicted molar refractivity (Wildman–Crippen MR) is 49.9 cm³/mol. The number of hydrogen-bond donors (Lipinski definition) is 0. The number of carbonyl (C=O) groups is 2. The van der Waals surface area contributed by atoms with Crippen LogP contribution in [-0.4, -0.2) is 23.8 Å². The molecule has 0 unspecified atom stereocenters. The van der Waals surface area contributed by atoms with E-state index in [9.17, 15) is 9.59 Å². The zero-order valence-corrected chi connectivity index (χ0v) is 8.34. The lowest BCUT2D eigenvalue weighted by atomic mass is 10.0. The Morgan fingerprint density at radius 3 is 2.08 bits per heavy atom. The molecule has 0 N–H and O–H groups in total. The third-order valence-corrected chi connectivity index (χ3v) is 2.11. The van der Waals surface area contributed by atoms with E-state index < -0.39 is 0 Å². The van der Waals surface area contributed by atoms with Crippen molar-refractivity contribution in [3.63, 3.8) is 0 Å². The van der Waals surface area contributed by atoms with Crippen LogP contribution in [0.15, 0.2) is 22.8 Å². The fraction of sp³-hybridized carbons (Fsp3) is 0.400. The van der Waals surface area contributed by atoms with Crippen LogP contribution in [0.2, 0.25) is 0 Å². The first-order chi connectivity index (χ1) is 6.00. The number of rotatable bonds is 0. The molecule has 1 heterocycles. The number of likely N-dealkylation sites (N-methyl/N-ethyl adjacent to an activating group) is 1. The third-order valence-electron chi connectivity index (χ3n) is 2.11. The Hall–Kier alpha value is -1.38. The molecule has 0 aliphatic carbocycles. The summed E-state index contributed by atoms with van der Waals surface area (Å²) in [5.41, 5.74) is 1.96. The first kappa shape index (κ1) is 9.71. The lowest BCUT2D eigenvalue weighted by Crippen LogP contribution is -2.24. The molecule has 13 heavy (non-hydrogen) atoms. The molecule has 70 valence electrons. The van der Waals surface area contributed by atoms with E-state index in [2.05, 4.69) is 0 Å². The minimum absolute atomic E-state index is 0.196. The fourth-order valence-corrected chi connectivity index (χ4v) is 1.41. The minimum Gasteiger partial charge on any atom is -0.277 e. The minimum atomic E-state index is -0.205. The fourth-order valence-electron chi connectivity index (χ4n) is 1.41. The van der Waals surface area contributed by atoms with E-state index in [-0.39, 0.29) is 11.8 Å². The van der Waals surface area contributed by atoms with Crippen molar-refractivity contribution in [2.24, 2.45) is 0 Å². The average Bonchev–Trinajstić information content (AvgIpc) is 2.29. The van der Waals surface area contributed by atoms with Crippen molar-refractivity contribution >= 4 is 11.8 Å². The van der Waals surface area contributed by atoms with Gasteiger partial charge in [0.25, 0.3) is 11.8 Å². The summed E-state index contributed by atoms with van der Waals surface area (Å²) in [6.07, 6.45) is 1.69. The Balaban J connectivity index is 3.34. The van der Waals surface area contributed by atoms with Crippen LogP contribution in [-0.2, 0) is 9.59 Å². The van der Waals surface area contributed by atoms with Gasteiger partial charge in [0.1, 0.15) is 0 Å². The molecule has 0 bridgehead atoms. The maximum Gasteiger partial charge on any atom is 0.261 e. The lowest BCUT2D eigenvalue weighted by Gasteiger charge is -2.02. The van der Waals surface area contributed by atoms with Gasteiger partial charge < -0.3 is 0 Å². The molecule has 0 radical (unpaired) electrons. The Morgan fingerprint density at radius 2 is 1.77 bits per heavy atom. The maximum atomic E-state index is 11.5. The van der Waals surface area contributed by atoms with Crippen molar-refractivity contribution in [1.82, 2.24) is 4.90 Å². The van der Waals surface area contributed by atoms with Crippen LogP contribution in [0, 0.1) is 0 Å². The van der Waals surface area contributed by atoms with Crippen LogP contribution < -0.4 is 0 Å². The van der Waals surface area contributed by atoms with Crippen molar-refractivity contribution in [2.75, 3.05) is 7.05 Å². The normalized spacial score (nSPS) is 20.5. The second kappa shape index (κ2) is 3.17. The van der Waals surface area contributed by atoms with E-state index in [1.807, 2.05) is 13.8 Å². The summed E-state index contributed by atoms with van der Waals surface area (Å²) >= 11 is 0. The van der Waals surface area contributed by atoms with Crippen molar-refractivity contribution in [2.45, 2.75) is 20.8 Å². The topological polar surface area (TPSA) is 37.4 Å². The molecule has 3 nitrogen and oxygen atoms in total. The van der Waals surface area contributed by atoms with Crippen molar-refractivity contribution < 1.29 is 9.59 Å². The zero-order valence-electron chi connectivity index (χ0n) is 8.34. The molecule has 1 rings (SSSR count). The Labute approximate surface area is 77.7 Å². The molecule has 1 aliphatic heterocycles.